The van der Waals surface area contributed by atoms with Gasteiger partial charge in [0, 0.05) is 18.2 Å². The van der Waals surface area contributed by atoms with Crippen LogP contribution in [0.1, 0.15) is 0 Å². The van der Waals surface area contributed by atoms with Crippen LogP contribution in [-0.2, 0) is 0 Å². The summed E-state index contributed by atoms with van der Waals surface area (Å²) in [5.41, 5.74) is -0.213. The molecule has 0 N–H and O–H groups in total. The van der Waals surface area contributed by atoms with Gasteiger partial charge in [-0.25, -0.2) is 0 Å². The van der Waals surface area contributed by atoms with Crippen molar-refractivity contribution >= 4 is 0 Å². The van der Waals surface area contributed by atoms with Crippen LogP contribution >= 0.6 is 0 Å². The first-order valence-electron chi connectivity index (χ1n) is 3.48. The minimum Gasteiger partial charge on any atom is -0.821 e. The third kappa shape index (κ3) is 0.852. The molecule has 4 nitrogen and oxygen atoms in total. The second-order valence-corrected chi connectivity index (χ2v) is 2.38. The molecule has 2 rings (SSSR count). The maximum absolute atomic E-state index is 11.1. The van der Waals surface area contributed by atoms with Gasteiger partial charge in [0.1, 0.15) is 0 Å². The average molecular weight is 162 g/mol. The number of aromatic nitrogens is 2. The summed E-state index contributed by atoms with van der Waals surface area (Å²) in [5, 5.41) is 11.1. The second-order valence-electron chi connectivity index (χ2n) is 2.38. The summed E-state index contributed by atoms with van der Waals surface area (Å²) in [4.78, 5) is 11.1. The van der Waals surface area contributed by atoms with Gasteiger partial charge in [-0.15, -0.1) is 0 Å². The molecule has 12 heavy (non-hydrogen) atoms. The van der Waals surface area contributed by atoms with Crippen molar-refractivity contribution in [3.05, 3.63) is 47.0 Å². The number of fused-ring (bicyclic) bond motifs is 1. The summed E-state index contributed by atoms with van der Waals surface area (Å²) >= 11 is 0. The molecule has 0 aromatic carbocycles. The summed E-state index contributed by atoms with van der Waals surface area (Å²) in [5.74, 6) is -0.213. The fourth-order valence-corrected chi connectivity index (χ4v) is 1.07. The quantitative estimate of drug-likeness (QED) is 0.464. The van der Waals surface area contributed by atoms with Crippen LogP contribution in [-0.4, -0.2) is 4.52 Å². The van der Waals surface area contributed by atoms with Crippen molar-refractivity contribution in [3.63, 3.8) is 0 Å². The SMILES string of the molecule is O=c1ccc[n+]2c([O-])cccn12. The van der Waals surface area contributed by atoms with Gasteiger partial charge in [0.2, 0.25) is 0 Å². The molecule has 2 aromatic heterocycles. The van der Waals surface area contributed by atoms with Crippen LogP contribution in [0.3, 0.4) is 0 Å². The minimum atomic E-state index is -0.213. The predicted octanol–water partition coefficient (Wildman–Crippen LogP) is -1.04. The Bertz CT molecular complexity index is 476. The Labute approximate surface area is 67.9 Å². The van der Waals surface area contributed by atoms with E-state index in [1.165, 1.54) is 21.2 Å². The van der Waals surface area contributed by atoms with Crippen LogP contribution < -0.4 is 15.2 Å². The smallest absolute Gasteiger partial charge is 0.306 e. The van der Waals surface area contributed by atoms with Crippen molar-refractivity contribution < 1.29 is 9.62 Å². The number of hydrogen-bond donors (Lipinski definition) is 0. The molecular weight excluding hydrogens is 156 g/mol. The van der Waals surface area contributed by atoms with E-state index in [1.54, 1.807) is 24.5 Å². The van der Waals surface area contributed by atoms with E-state index in [-0.39, 0.29) is 11.4 Å². The molecule has 60 valence electrons. The standard InChI is InChI=1S/C8H6N2O2/c11-7-3-1-5-9-8(12)4-2-6-10(7)9/h1-6H. The molecule has 0 spiro atoms. The Hall–Kier alpha value is -1.84. The summed E-state index contributed by atoms with van der Waals surface area (Å²) < 4.78 is 2.50. The Morgan fingerprint density at radius 3 is 2.92 bits per heavy atom. The molecule has 0 fully saturated rings. The maximum atomic E-state index is 11.1. The lowest BCUT2D eigenvalue weighted by atomic mass is 10.5. The van der Waals surface area contributed by atoms with E-state index >= 15 is 0 Å². The topological polar surface area (TPSA) is 48.6 Å². The molecule has 0 saturated heterocycles. The molecule has 0 amide bonds. The third-order valence-corrected chi connectivity index (χ3v) is 1.62. The highest BCUT2D eigenvalue weighted by molar-refractivity contribution is 4.98. The molecule has 0 radical (unpaired) electrons. The average Bonchev–Trinajstić information content (AvgIpc) is 2.07. The van der Waals surface area contributed by atoms with Crippen LogP contribution in [0.2, 0.25) is 0 Å². The fourth-order valence-electron chi connectivity index (χ4n) is 1.07. The Morgan fingerprint density at radius 1 is 1.33 bits per heavy atom. The number of hydrogen-bond acceptors (Lipinski definition) is 2. The van der Waals surface area contributed by atoms with E-state index in [9.17, 15) is 9.90 Å². The van der Waals surface area contributed by atoms with E-state index in [1.807, 2.05) is 0 Å². The first kappa shape index (κ1) is 6.84. The zero-order valence-electron chi connectivity index (χ0n) is 6.18. The first-order valence-corrected chi connectivity index (χ1v) is 3.48. The van der Waals surface area contributed by atoms with Gasteiger partial charge in [-0.1, -0.05) is 9.03 Å². The lowest BCUT2D eigenvalue weighted by Crippen LogP contribution is -2.40. The minimum absolute atomic E-state index is 0.213. The normalized spacial score (nSPS) is 10.3. The van der Waals surface area contributed by atoms with Crippen LogP contribution in [0.15, 0.2) is 41.5 Å². The van der Waals surface area contributed by atoms with Crippen LogP contribution in [0.5, 0.6) is 5.88 Å². The van der Waals surface area contributed by atoms with E-state index in [4.69, 9.17) is 0 Å². The van der Waals surface area contributed by atoms with Crippen molar-refractivity contribution in [1.29, 1.82) is 0 Å². The van der Waals surface area contributed by atoms with E-state index < -0.39 is 0 Å². The van der Waals surface area contributed by atoms with E-state index in [0.717, 1.165) is 0 Å². The molecule has 0 unspecified atom stereocenters. The molecular formula is C8H6N2O2. The largest absolute Gasteiger partial charge is 0.821 e. The molecule has 2 heterocycles. The highest BCUT2D eigenvalue weighted by Crippen LogP contribution is 1.89. The summed E-state index contributed by atoms with van der Waals surface area (Å²) in [6.07, 6.45) is 3.09. The van der Waals surface area contributed by atoms with Crippen molar-refractivity contribution in [3.8, 4) is 5.88 Å². The Balaban J connectivity index is 3.05. The number of nitrogens with zero attached hydrogens (tertiary/aromatic N) is 2. The van der Waals surface area contributed by atoms with Gasteiger partial charge >= 0.3 is 5.56 Å². The molecule has 2 aromatic rings. The highest BCUT2D eigenvalue weighted by Gasteiger charge is 2.00. The van der Waals surface area contributed by atoms with Crippen molar-refractivity contribution in [2.45, 2.75) is 0 Å². The zero-order chi connectivity index (χ0) is 8.55. The van der Waals surface area contributed by atoms with Crippen LogP contribution in [0.25, 0.3) is 0 Å². The molecule has 0 bridgehead atoms. The summed E-state index contributed by atoms with van der Waals surface area (Å²) in [6.45, 7) is 0. The maximum Gasteiger partial charge on any atom is 0.306 e. The van der Waals surface area contributed by atoms with E-state index in [0.29, 0.717) is 0 Å². The Kier molecular flexibility index (Phi) is 1.33. The van der Waals surface area contributed by atoms with Crippen LogP contribution in [0, 0.1) is 0 Å². The van der Waals surface area contributed by atoms with E-state index in [2.05, 4.69) is 0 Å². The molecule has 0 atom stereocenters. The summed E-state index contributed by atoms with van der Waals surface area (Å²) in [6, 6.07) is 5.90. The first-order chi connectivity index (χ1) is 5.79. The monoisotopic (exact) mass is 162 g/mol. The fraction of sp³-hybridized carbons (Fsp3) is 0. The summed E-state index contributed by atoms with van der Waals surface area (Å²) in [7, 11) is 0. The van der Waals surface area contributed by atoms with Gasteiger partial charge in [-0.2, -0.15) is 0 Å². The van der Waals surface area contributed by atoms with Crippen molar-refractivity contribution in [2.75, 3.05) is 0 Å². The third-order valence-electron chi connectivity index (χ3n) is 1.62. The zero-order valence-corrected chi connectivity index (χ0v) is 6.18. The molecule has 0 saturated carbocycles. The van der Waals surface area contributed by atoms with Gasteiger partial charge < -0.3 is 5.11 Å². The lowest BCUT2D eigenvalue weighted by Gasteiger charge is -1.99. The number of rotatable bonds is 0. The molecule has 0 aliphatic heterocycles. The lowest BCUT2D eigenvalue weighted by molar-refractivity contribution is -0.673. The van der Waals surface area contributed by atoms with Crippen molar-refractivity contribution in [1.82, 2.24) is 4.52 Å². The molecule has 4 heteroatoms. The predicted molar refractivity (Wildman–Crippen MR) is 38.8 cm³/mol. The molecule has 0 aliphatic rings. The second kappa shape index (κ2) is 2.34. The van der Waals surface area contributed by atoms with Gasteiger partial charge in [-0.3, -0.25) is 4.79 Å². The molecule has 0 aliphatic carbocycles. The van der Waals surface area contributed by atoms with Gasteiger partial charge in [-0.05, 0) is 6.07 Å². The van der Waals surface area contributed by atoms with Crippen molar-refractivity contribution in [2.24, 2.45) is 0 Å². The van der Waals surface area contributed by atoms with Crippen LogP contribution in [0.4, 0.5) is 0 Å². The highest BCUT2D eigenvalue weighted by atomic mass is 16.3. The van der Waals surface area contributed by atoms with Gasteiger partial charge in [0.25, 0.3) is 0 Å². The van der Waals surface area contributed by atoms with Gasteiger partial charge in [0.05, 0.1) is 6.20 Å². The Morgan fingerprint density at radius 2 is 2.17 bits per heavy atom. The van der Waals surface area contributed by atoms with Gasteiger partial charge in [0.15, 0.2) is 12.1 Å².